The number of hydrogen-bond donors (Lipinski definition) is 2. The number of anilines is 1. The highest BCUT2D eigenvalue weighted by atomic mass is 79.9. The molecule has 0 aliphatic carbocycles. The van der Waals surface area contributed by atoms with Crippen LogP contribution >= 0.6 is 15.9 Å². The van der Waals surface area contributed by atoms with Gasteiger partial charge >= 0.3 is 5.97 Å². The quantitative estimate of drug-likeness (QED) is 0.832. The van der Waals surface area contributed by atoms with Crippen LogP contribution in [0.25, 0.3) is 0 Å². The molecule has 0 bridgehead atoms. The van der Waals surface area contributed by atoms with Crippen molar-refractivity contribution in [3.63, 3.8) is 0 Å². The SMILES string of the molecule is CC(C)CNC(=O)CN(C)c1cc(Br)ccc1C(=O)O. The number of aromatic carboxylic acids is 1. The van der Waals surface area contributed by atoms with Crippen LogP contribution in [0.3, 0.4) is 0 Å². The lowest BCUT2D eigenvalue weighted by molar-refractivity contribution is -0.119. The second-order valence-corrected chi connectivity index (χ2v) is 5.94. The van der Waals surface area contributed by atoms with Crippen molar-refractivity contribution in [1.82, 2.24) is 5.32 Å². The van der Waals surface area contributed by atoms with E-state index in [1.54, 1.807) is 24.1 Å². The summed E-state index contributed by atoms with van der Waals surface area (Å²) in [5, 5.41) is 12.0. The van der Waals surface area contributed by atoms with E-state index in [0.717, 1.165) is 4.47 Å². The first-order valence-corrected chi connectivity index (χ1v) is 7.11. The minimum absolute atomic E-state index is 0.115. The second kappa shape index (κ2) is 7.28. The lowest BCUT2D eigenvalue weighted by atomic mass is 10.1. The van der Waals surface area contributed by atoms with E-state index in [1.807, 2.05) is 13.8 Å². The second-order valence-electron chi connectivity index (χ2n) is 5.02. The molecule has 2 N–H and O–H groups in total. The fourth-order valence-corrected chi connectivity index (χ4v) is 2.02. The molecule has 0 radical (unpaired) electrons. The minimum atomic E-state index is -1.01. The topological polar surface area (TPSA) is 69.6 Å². The zero-order valence-electron chi connectivity index (χ0n) is 11.8. The first-order chi connectivity index (χ1) is 9.31. The van der Waals surface area contributed by atoms with Gasteiger partial charge in [0.1, 0.15) is 0 Å². The van der Waals surface area contributed by atoms with Crippen LogP contribution in [-0.4, -0.2) is 37.1 Å². The van der Waals surface area contributed by atoms with Gasteiger partial charge in [-0.05, 0) is 24.1 Å². The summed E-state index contributed by atoms with van der Waals surface area (Å²) < 4.78 is 0.770. The third kappa shape index (κ3) is 4.85. The van der Waals surface area contributed by atoms with Crippen LogP contribution in [0, 0.1) is 5.92 Å². The van der Waals surface area contributed by atoms with E-state index in [9.17, 15) is 14.7 Å². The van der Waals surface area contributed by atoms with Gasteiger partial charge in [-0.3, -0.25) is 4.79 Å². The van der Waals surface area contributed by atoms with Crippen LogP contribution in [0.15, 0.2) is 22.7 Å². The first-order valence-electron chi connectivity index (χ1n) is 6.32. The molecule has 1 amide bonds. The molecule has 110 valence electrons. The number of nitrogens with one attached hydrogen (secondary N) is 1. The van der Waals surface area contributed by atoms with Gasteiger partial charge in [0.15, 0.2) is 0 Å². The number of likely N-dealkylation sites (N-methyl/N-ethyl adjacent to an activating group) is 1. The molecule has 20 heavy (non-hydrogen) atoms. The van der Waals surface area contributed by atoms with E-state index in [1.165, 1.54) is 6.07 Å². The maximum absolute atomic E-state index is 11.8. The number of carbonyl (C=O) groups excluding carboxylic acids is 1. The fourth-order valence-electron chi connectivity index (χ4n) is 1.68. The molecule has 0 aliphatic rings. The fraction of sp³-hybridized carbons (Fsp3) is 0.429. The summed E-state index contributed by atoms with van der Waals surface area (Å²) in [4.78, 5) is 24.6. The highest BCUT2D eigenvalue weighted by Crippen LogP contribution is 2.24. The molecule has 1 aromatic carbocycles. The number of amides is 1. The van der Waals surface area contributed by atoms with Crippen molar-refractivity contribution in [2.45, 2.75) is 13.8 Å². The number of carbonyl (C=O) groups is 2. The van der Waals surface area contributed by atoms with Crippen molar-refractivity contribution < 1.29 is 14.7 Å². The third-order valence-electron chi connectivity index (χ3n) is 2.69. The Kier molecular flexibility index (Phi) is 6.01. The van der Waals surface area contributed by atoms with Crippen molar-refractivity contribution in [1.29, 1.82) is 0 Å². The van der Waals surface area contributed by atoms with Gasteiger partial charge in [0.05, 0.1) is 17.8 Å². The van der Waals surface area contributed by atoms with Crippen LogP contribution in [-0.2, 0) is 4.79 Å². The monoisotopic (exact) mass is 342 g/mol. The predicted molar refractivity (Wildman–Crippen MR) is 82.2 cm³/mol. The van der Waals surface area contributed by atoms with Gasteiger partial charge in [-0.2, -0.15) is 0 Å². The van der Waals surface area contributed by atoms with Gasteiger partial charge in [-0.25, -0.2) is 4.79 Å². The summed E-state index contributed by atoms with van der Waals surface area (Å²) in [6.07, 6.45) is 0. The predicted octanol–water partition coefficient (Wildman–Crippen LogP) is 2.36. The zero-order chi connectivity index (χ0) is 15.3. The lowest BCUT2D eigenvalue weighted by Gasteiger charge is -2.21. The minimum Gasteiger partial charge on any atom is -0.478 e. The maximum atomic E-state index is 11.8. The first kappa shape index (κ1) is 16.5. The molecule has 0 atom stereocenters. The Labute approximate surface area is 127 Å². The van der Waals surface area contributed by atoms with Gasteiger partial charge in [-0.15, -0.1) is 0 Å². The zero-order valence-corrected chi connectivity index (χ0v) is 13.4. The van der Waals surface area contributed by atoms with Gasteiger partial charge < -0.3 is 15.3 Å². The largest absolute Gasteiger partial charge is 0.478 e. The summed E-state index contributed by atoms with van der Waals surface area (Å²) in [7, 11) is 1.70. The van der Waals surface area contributed by atoms with Crippen molar-refractivity contribution in [3.05, 3.63) is 28.2 Å². The number of carboxylic acid groups (broad SMARTS) is 1. The molecule has 0 unspecified atom stereocenters. The van der Waals surface area contributed by atoms with Crippen LogP contribution in [0.1, 0.15) is 24.2 Å². The van der Waals surface area contributed by atoms with Gasteiger partial charge in [0, 0.05) is 18.1 Å². The van der Waals surface area contributed by atoms with Crippen LogP contribution in [0.4, 0.5) is 5.69 Å². The Balaban J connectivity index is 2.81. The van der Waals surface area contributed by atoms with Crippen LogP contribution in [0.5, 0.6) is 0 Å². The number of benzene rings is 1. The molecule has 0 aliphatic heterocycles. The molecule has 0 heterocycles. The number of hydrogen-bond acceptors (Lipinski definition) is 3. The molecule has 0 saturated heterocycles. The van der Waals surface area contributed by atoms with Crippen LogP contribution in [0.2, 0.25) is 0 Å². The van der Waals surface area contributed by atoms with Gasteiger partial charge in [0.25, 0.3) is 0 Å². The van der Waals surface area contributed by atoms with Crippen molar-refractivity contribution in [2.24, 2.45) is 5.92 Å². The van der Waals surface area contributed by atoms with E-state index in [0.29, 0.717) is 18.2 Å². The molecule has 0 aromatic heterocycles. The molecule has 6 heteroatoms. The normalized spacial score (nSPS) is 10.4. The average Bonchev–Trinajstić information content (AvgIpc) is 2.35. The summed E-state index contributed by atoms with van der Waals surface area (Å²) in [6.45, 7) is 4.75. The smallest absolute Gasteiger partial charge is 0.337 e. The number of halogens is 1. The molecule has 0 saturated carbocycles. The third-order valence-corrected chi connectivity index (χ3v) is 3.18. The number of carboxylic acids is 1. The molecular formula is C14H19BrN2O3. The summed E-state index contributed by atoms with van der Waals surface area (Å²) in [5.41, 5.74) is 0.680. The number of rotatable bonds is 6. The van der Waals surface area contributed by atoms with Crippen molar-refractivity contribution in [3.8, 4) is 0 Å². The van der Waals surface area contributed by atoms with Crippen LogP contribution < -0.4 is 10.2 Å². The highest BCUT2D eigenvalue weighted by molar-refractivity contribution is 9.10. The van der Waals surface area contributed by atoms with E-state index in [4.69, 9.17) is 0 Å². The van der Waals surface area contributed by atoms with Crippen molar-refractivity contribution >= 4 is 33.5 Å². The summed E-state index contributed by atoms with van der Waals surface area (Å²) in [5.74, 6) is -0.760. The Morgan fingerprint density at radius 2 is 2.05 bits per heavy atom. The molecular weight excluding hydrogens is 324 g/mol. The molecule has 1 rings (SSSR count). The molecule has 5 nitrogen and oxygen atoms in total. The Bertz CT molecular complexity index is 503. The van der Waals surface area contributed by atoms with E-state index in [2.05, 4.69) is 21.2 Å². The lowest BCUT2D eigenvalue weighted by Crippen LogP contribution is -2.37. The summed E-state index contributed by atoms with van der Waals surface area (Å²) in [6, 6.07) is 4.88. The Morgan fingerprint density at radius 3 is 2.60 bits per heavy atom. The van der Waals surface area contributed by atoms with Gasteiger partial charge in [0.2, 0.25) is 5.91 Å². The summed E-state index contributed by atoms with van der Waals surface area (Å²) >= 11 is 3.31. The average molecular weight is 343 g/mol. The number of nitrogens with zero attached hydrogens (tertiary/aromatic N) is 1. The van der Waals surface area contributed by atoms with E-state index in [-0.39, 0.29) is 18.0 Å². The van der Waals surface area contributed by atoms with E-state index < -0.39 is 5.97 Å². The van der Waals surface area contributed by atoms with Crippen molar-refractivity contribution in [2.75, 3.05) is 25.0 Å². The highest BCUT2D eigenvalue weighted by Gasteiger charge is 2.16. The molecule has 0 fully saturated rings. The Morgan fingerprint density at radius 1 is 1.40 bits per heavy atom. The van der Waals surface area contributed by atoms with Gasteiger partial charge in [-0.1, -0.05) is 29.8 Å². The molecule has 0 spiro atoms. The maximum Gasteiger partial charge on any atom is 0.337 e. The standard InChI is InChI=1S/C14H19BrN2O3/c1-9(2)7-16-13(18)8-17(3)12-6-10(15)4-5-11(12)14(19)20/h4-6,9H,7-8H2,1-3H3,(H,16,18)(H,19,20). The Hall–Kier alpha value is -1.56. The van der Waals surface area contributed by atoms with E-state index >= 15 is 0 Å². The molecule has 1 aromatic rings.